The smallest absolute Gasteiger partial charge is 0.215 e. The largest absolute Gasteiger partial charge is 0.303 e. The van der Waals surface area contributed by atoms with E-state index in [0.29, 0.717) is 18.4 Å². The molecular formula is C18H30N2O2S. The molecule has 5 heteroatoms. The second-order valence-electron chi connectivity index (χ2n) is 7.23. The van der Waals surface area contributed by atoms with Gasteiger partial charge in [0.2, 0.25) is 10.0 Å². The van der Waals surface area contributed by atoms with Gasteiger partial charge in [-0.25, -0.2) is 13.1 Å². The van der Waals surface area contributed by atoms with Crippen LogP contribution in [-0.4, -0.2) is 39.5 Å². The minimum atomic E-state index is -3.24. The monoisotopic (exact) mass is 338 g/mol. The average molecular weight is 339 g/mol. The van der Waals surface area contributed by atoms with E-state index in [1.54, 1.807) is 0 Å². The van der Waals surface area contributed by atoms with Crippen molar-refractivity contribution in [2.45, 2.75) is 39.4 Å². The maximum atomic E-state index is 12.2. The fraction of sp³-hybridized carbons (Fsp3) is 0.667. The second-order valence-corrected chi connectivity index (χ2v) is 9.04. The predicted molar refractivity (Wildman–Crippen MR) is 95.8 cm³/mol. The molecule has 1 aliphatic rings. The summed E-state index contributed by atoms with van der Waals surface area (Å²) in [4.78, 5) is 2.49. The molecule has 1 heterocycles. The number of aryl methyl sites for hydroxylation is 1. The lowest BCUT2D eigenvalue weighted by atomic mass is 9.96. The SMILES string of the molecule is Cc1ccc(CS(=O)(=O)NCC2CCN(CC(C)C)CC2)cc1. The Morgan fingerprint density at radius 3 is 2.35 bits per heavy atom. The Bertz CT molecular complexity index is 574. The Balaban J connectivity index is 1.76. The van der Waals surface area contributed by atoms with Gasteiger partial charge in [-0.1, -0.05) is 43.7 Å². The first-order chi connectivity index (χ1) is 10.8. The van der Waals surface area contributed by atoms with Gasteiger partial charge in [-0.05, 0) is 50.3 Å². The first kappa shape index (κ1) is 18.4. The van der Waals surface area contributed by atoms with Gasteiger partial charge in [-0.15, -0.1) is 0 Å². The van der Waals surface area contributed by atoms with Crippen LogP contribution in [0.4, 0.5) is 0 Å². The van der Waals surface area contributed by atoms with E-state index in [-0.39, 0.29) is 5.75 Å². The van der Waals surface area contributed by atoms with E-state index >= 15 is 0 Å². The first-order valence-corrected chi connectivity index (χ1v) is 10.2. The van der Waals surface area contributed by atoms with Crippen LogP contribution in [0, 0.1) is 18.8 Å². The van der Waals surface area contributed by atoms with Crippen LogP contribution in [0.5, 0.6) is 0 Å². The van der Waals surface area contributed by atoms with Crippen LogP contribution >= 0.6 is 0 Å². The zero-order valence-corrected chi connectivity index (χ0v) is 15.4. The third-order valence-electron chi connectivity index (χ3n) is 4.40. The molecule has 0 radical (unpaired) electrons. The zero-order chi connectivity index (χ0) is 16.9. The summed E-state index contributed by atoms with van der Waals surface area (Å²) in [6.45, 7) is 10.4. The molecule has 0 atom stereocenters. The topological polar surface area (TPSA) is 49.4 Å². The number of hydrogen-bond donors (Lipinski definition) is 1. The van der Waals surface area contributed by atoms with Crippen LogP contribution in [0.25, 0.3) is 0 Å². The van der Waals surface area contributed by atoms with Gasteiger partial charge in [0.05, 0.1) is 5.75 Å². The number of benzene rings is 1. The molecule has 1 aliphatic heterocycles. The highest BCUT2D eigenvalue weighted by molar-refractivity contribution is 7.88. The van der Waals surface area contributed by atoms with Gasteiger partial charge < -0.3 is 4.90 Å². The number of likely N-dealkylation sites (tertiary alicyclic amines) is 1. The summed E-state index contributed by atoms with van der Waals surface area (Å²) < 4.78 is 27.2. The summed E-state index contributed by atoms with van der Waals surface area (Å²) in [5, 5.41) is 0. The van der Waals surface area contributed by atoms with Crippen LogP contribution in [0.2, 0.25) is 0 Å². The highest BCUT2D eigenvalue weighted by atomic mass is 32.2. The molecule has 1 aromatic carbocycles. The van der Waals surface area contributed by atoms with Crippen LogP contribution < -0.4 is 4.72 Å². The van der Waals surface area contributed by atoms with Gasteiger partial charge in [0, 0.05) is 13.1 Å². The Kier molecular flexibility index (Phi) is 6.62. The van der Waals surface area contributed by atoms with Crippen molar-refractivity contribution in [3.05, 3.63) is 35.4 Å². The maximum Gasteiger partial charge on any atom is 0.215 e. The number of sulfonamides is 1. The molecule has 1 aromatic rings. The van der Waals surface area contributed by atoms with Gasteiger partial charge in [0.25, 0.3) is 0 Å². The van der Waals surface area contributed by atoms with E-state index in [2.05, 4.69) is 23.5 Å². The van der Waals surface area contributed by atoms with Gasteiger partial charge in [0.1, 0.15) is 0 Å². The number of hydrogen-bond acceptors (Lipinski definition) is 3. The lowest BCUT2D eigenvalue weighted by Gasteiger charge is -2.33. The Morgan fingerprint density at radius 1 is 1.17 bits per heavy atom. The highest BCUT2D eigenvalue weighted by Crippen LogP contribution is 2.18. The minimum absolute atomic E-state index is 0.0689. The summed E-state index contributed by atoms with van der Waals surface area (Å²) in [5.41, 5.74) is 1.99. The van der Waals surface area contributed by atoms with Gasteiger partial charge >= 0.3 is 0 Å². The molecular weight excluding hydrogens is 308 g/mol. The number of rotatable bonds is 7. The standard InChI is InChI=1S/C18H30N2O2S/c1-15(2)13-20-10-8-17(9-11-20)12-19-23(21,22)14-18-6-4-16(3)5-7-18/h4-7,15,17,19H,8-14H2,1-3H3. The second kappa shape index (κ2) is 8.27. The molecule has 0 aliphatic carbocycles. The predicted octanol–water partition coefficient (Wildman–Crippen LogP) is 2.78. The lowest BCUT2D eigenvalue weighted by molar-refractivity contribution is 0.169. The summed E-state index contributed by atoms with van der Waals surface area (Å²) in [7, 11) is -3.24. The van der Waals surface area contributed by atoms with E-state index in [4.69, 9.17) is 0 Å². The third kappa shape index (κ3) is 6.61. The van der Waals surface area contributed by atoms with Gasteiger partial charge in [-0.2, -0.15) is 0 Å². The van der Waals surface area contributed by atoms with E-state index < -0.39 is 10.0 Å². The molecule has 1 N–H and O–H groups in total. The maximum absolute atomic E-state index is 12.2. The normalized spacial score (nSPS) is 17.7. The molecule has 0 unspecified atom stereocenters. The van der Waals surface area contributed by atoms with Gasteiger partial charge in [-0.3, -0.25) is 0 Å². The first-order valence-electron chi connectivity index (χ1n) is 8.59. The molecule has 0 amide bonds. The van der Waals surface area contributed by atoms with Crippen LogP contribution in [0.15, 0.2) is 24.3 Å². The molecule has 0 spiro atoms. The van der Waals surface area contributed by atoms with Crippen molar-refractivity contribution in [1.82, 2.24) is 9.62 Å². The molecule has 2 rings (SSSR count). The molecule has 0 saturated carbocycles. The summed E-state index contributed by atoms with van der Waals surface area (Å²) >= 11 is 0. The van der Waals surface area contributed by atoms with Crippen molar-refractivity contribution in [2.75, 3.05) is 26.2 Å². The average Bonchev–Trinajstić information content (AvgIpc) is 2.48. The van der Waals surface area contributed by atoms with Crippen molar-refractivity contribution >= 4 is 10.0 Å². The highest BCUT2D eigenvalue weighted by Gasteiger charge is 2.21. The fourth-order valence-electron chi connectivity index (χ4n) is 3.09. The van der Waals surface area contributed by atoms with E-state index in [1.165, 1.54) is 0 Å². The van der Waals surface area contributed by atoms with Crippen molar-refractivity contribution in [3.8, 4) is 0 Å². The zero-order valence-electron chi connectivity index (χ0n) is 14.6. The minimum Gasteiger partial charge on any atom is -0.303 e. The Labute approximate surface area is 141 Å². The molecule has 1 fully saturated rings. The van der Waals surface area contributed by atoms with Crippen molar-refractivity contribution < 1.29 is 8.42 Å². The Morgan fingerprint density at radius 2 is 1.78 bits per heavy atom. The van der Waals surface area contributed by atoms with Crippen LogP contribution in [0.1, 0.15) is 37.8 Å². The van der Waals surface area contributed by atoms with Crippen molar-refractivity contribution in [1.29, 1.82) is 0 Å². The summed E-state index contributed by atoms with van der Waals surface area (Å²) in [6.07, 6.45) is 2.17. The molecule has 4 nitrogen and oxygen atoms in total. The lowest BCUT2D eigenvalue weighted by Crippen LogP contribution is -2.40. The number of nitrogens with one attached hydrogen (secondary N) is 1. The third-order valence-corrected chi connectivity index (χ3v) is 5.72. The number of nitrogens with zero attached hydrogens (tertiary/aromatic N) is 1. The summed E-state index contributed by atoms with van der Waals surface area (Å²) in [6, 6.07) is 7.68. The fourth-order valence-corrected chi connectivity index (χ4v) is 4.31. The van der Waals surface area contributed by atoms with Crippen molar-refractivity contribution in [2.24, 2.45) is 11.8 Å². The Hall–Kier alpha value is -0.910. The van der Waals surface area contributed by atoms with E-state index in [1.807, 2.05) is 31.2 Å². The van der Waals surface area contributed by atoms with Crippen LogP contribution in [0.3, 0.4) is 0 Å². The van der Waals surface area contributed by atoms with Crippen LogP contribution in [-0.2, 0) is 15.8 Å². The van der Waals surface area contributed by atoms with E-state index in [9.17, 15) is 8.42 Å². The van der Waals surface area contributed by atoms with Crippen molar-refractivity contribution in [3.63, 3.8) is 0 Å². The molecule has 130 valence electrons. The molecule has 0 bridgehead atoms. The summed E-state index contributed by atoms with van der Waals surface area (Å²) in [5.74, 6) is 1.23. The molecule has 1 saturated heterocycles. The van der Waals surface area contributed by atoms with Gasteiger partial charge in [0.15, 0.2) is 0 Å². The molecule has 23 heavy (non-hydrogen) atoms. The molecule has 0 aromatic heterocycles. The van der Waals surface area contributed by atoms with E-state index in [0.717, 1.165) is 43.6 Å². The quantitative estimate of drug-likeness (QED) is 0.832. The number of piperidine rings is 1.